The number of carbonyl (C=O) groups excluding carboxylic acids is 1. The largest absolute Gasteiger partial charge is 0.352 e. The first kappa shape index (κ1) is 16.8. The standard InChI is InChI=1S/C18H14BrFN2OS/c19-14-5-1-12(2-6-14)17(23)21-10-9-16-11-24-18(22-16)13-3-7-15(20)8-4-13/h1-8,11H,9-10H2,(H,21,23). The Morgan fingerprint density at radius 3 is 2.54 bits per heavy atom. The Labute approximate surface area is 151 Å². The fourth-order valence-electron chi connectivity index (χ4n) is 2.15. The van der Waals surface area contributed by atoms with Crippen LogP contribution in [0.25, 0.3) is 10.6 Å². The Kier molecular flexibility index (Phi) is 5.37. The highest BCUT2D eigenvalue weighted by molar-refractivity contribution is 9.10. The molecule has 0 atom stereocenters. The minimum atomic E-state index is -0.258. The Morgan fingerprint density at radius 2 is 1.83 bits per heavy atom. The summed E-state index contributed by atoms with van der Waals surface area (Å²) < 4.78 is 13.9. The molecule has 0 radical (unpaired) electrons. The van der Waals surface area contributed by atoms with Crippen LogP contribution in [0.15, 0.2) is 58.4 Å². The normalized spacial score (nSPS) is 10.6. The maximum absolute atomic E-state index is 13.0. The molecule has 0 aliphatic rings. The second-order valence-electron chi connectivity index (χ2n) is 5.16. The van der Waals surface area contributed by atoms with Crippen LogP contribution in [0.2, 0.25) is 0 Å². The summed E-state index contributed by atoms with van der Waals surface area (Å²) >= 11 is 4.86. The third kappa shape index (κ3) is 4.27. The van der Waals surface area contributed by atoms with Crippen molar-refractivity contribution in [1.29, 1.82) is 0 Å². The molecule has 6 heteroatoms. The van der Waals surface area contributed by atoms with Crippen LogP contribution in [0.5, 0.6) is 0 Å². The molecule has 0 saturated carbocycles. The number of hydrogen-bond acceptors (Lipinski definition) is 3. The lowest BCUT2D eigenvalue weighted by Gasteiger charge is -2.04. The highest BCUT2D eigenvalue weighted by atomic mass is 79.9. The van der Waals surface area contributed by atoms with Crippen molar-refractivity contribution in [3.8, 4) is 10.6 Å². The average Bonchev–Trinajstić information content (AvgIpc) is 3.05. The highest BCUT2D eigenvalue weighted by Crippen LogP contribution is 2.24. The van der Waals surface area contributed by atoms with Gasteiger partial charge in [-0.2, -0.15) is 0 Å². The van der Waals surface area contributed by atoms with E-state index < -0.39 is 0 Å². The lowest BCUT2D eigenvalue weighted by Crippen LogP contribution is -2.25. The van der Waals surface area contributed by atoms with E-state index in [-0.39, 0.29) is 11.7 Å². The highest BCUT2D eigenvalue weighted by Gasteiger charge is 2.07. The van der Waals surface area contributed by atoms with Gasteiger partial charge >= 0.3 is 0 Å². The number of hydrogen-bond donors (Lipinski definition) is 1. The minimum Gasteiger partial charge on any atom is -0.352 e. The SMILES string of the molecule is O=C(NCCc1csc(-c2ccc(F)cc2)n1)c1ccc(Br)cc1. The smallest absolute Gasteiger partial charge is 0.251 e. The first-order valence-corrected chi connectivity index (χ1v) is 9.03. The third-order valence-electron chi connectivity index (χ3n) is 3.42. The van der Waals surface area contributed by atoms with Gasteiger partial charge in [0.25, 0.3) is 5.91 Å². The number of nitrogens with one attached hydrogen (secondary N) is 1. The molecule has 0 spiro atoms. The van der Waals surface area contributed by atoms with Crippen LogP contribution in [0.4, 0.5) is 4.39 Å². The zero-order chi connectivity index (χ0) is 16.9. The van der Waals surface area contributed by atoms with Crippen molar-refractivity contribution in [2.75, 3.05) is 6.54 Å². The summed E-state index contributed by atoms with van der Waals surface area (Å²) in [5.74, 6) is -0.359. The van der Waals surface area contributed by atoms with Crippen molar-refractivity contribution in [1.82, 2.24) is 10.3 Å². The van der Waals surface area contributed by atoms with E-state index in [1.54, 1.807) is 24.3 Å². The number of benzene rings is 2. The number of nitrogens with zero attached hydrogens (tertiary/aromatic N) is 1. The van der Waals surface area contributed by atoms with Gasteiger partial charge in [-0.25, -0.2) is 9.37 Å². The van der Waals surface area contributed by atoms with Crippen LogP contribution in [0.1, 0.15) is 16.1 Å². The molecule has 3 aromatic rings. The molecular formula is C18H14BrFN2OS. The molecule has 0 unspecified atom stereocenters. The maximum Gasteiger partial charge on any atom is 0.251 e. The molecule has 1 aromatic heterocycles. The number of halogens is 2. The Bertz CT molecular complexity index is 831. The molecule has 1 N–H and O–H groups in total. The van der Waals surface area contributed by atoms with Gasteiger partial charge in [-0.3, -0.25) is 4.79 Å². The summed E-state index contributed by atoms with van der Waals surface area (Å²) in [6, 6.07) is 13.5. The monoisotopic (exact) mass is 404 g/mol. The number of rotatable bonds is 5. The first-order chi connectivity index (χ1) is 11.6. The molecule has 3 rings (SSSR count). The fraction of sp³-hybridized carbons (Fsp3) is 0.111. The molecule has 0 aliphatic carbocycles. The van der Waals surface area contributed by atoms with E-state index in [4.69, 9.17) is 0 Å². The zero-order valence-corrected chi connectivity index (χ0v) is 15.0. The average molecular weight is 405 g/mol. The summed E-state index contributed by atoms with van der Waals surface area (Å²) in [4.78, 5) is 16.6. The minimum absolute atomic E-state index is 0.100. The second kappa shape index (κ2) is 7.68. The van der Waals surface area contributed by atoms with Crippen LogP contribution >= 0.6 is 27.3 Å². The Balaban J connectivity index is 1.55. The van der Waals surface area contributed by atoms with Crippen molar-refractivity contribution in [3.63, 3.8) is 0 Å². The molecule has 0 fully saturated rings. The fourth-order valence-corrected chi connectivity index (χ4v) is 3.28. The van der Waals surface area contributed by atoms with E-state index in [0.29, 0.717) is 18.5 Å². The van der Waals surface area contributed by atoms with E-state index in [1.165, 1.54) is 23.5 Å². The van der Waals surface area contributed by atoms with Gasteiger partial charge in [0, 0.05) is 33.9 Å². The summed E-state index contributed by atoms with van der Waals surface area (Å²) in [5, 5.41) is 5.70. The predicted octanol–water partition coefficient (Wildman–Crippen LogP) is 4.68. The molecule has 1 heterocycles. The van der Waals surface area contributed by atoms with Crippen LogP contribution in [-0.2, 0) is 6.42 Å². The lowest BCUT2D eigenvalue weighted by atomic mass is 10.2. The van der Waals surface area contributed by atoms with Crippen molar-refractivity contribution >= 4 is 33.2 Å². The molecule has 0 saturated heterocycles. The lowest BCUT2D eigenvalue weighted by molar-refractivity contribution is 0.0954. The van der Waals surface area contributed by atoms with Crippen molar-refractivity contribution in [2.45, 2.75) is 6.42 Å². The van der Waals surface area contributed by atoms with Crippen molar-refractivity contribution < 1.29 is 9.18 Å². The number of aromatic nitrogens is 1. The maximum atomic E-state index is 13.0. The Hall–Kier alpha value is -2.05. The van der Waals surface area contributed by atoms with E-state index >= 15 is 0 Å². The third-order valence-corrected chi connectivity index (χ3v) is 4.88. The molecule has 0 bridgehead atoms. The van der Waals surface area contributed by atoms with Crippen LogP contribution < -0.4 is 5.32 Å². The van der Waals surface area contributed by atoms with Crippen molar-refractivity contribution in [2.24, 2.45) is 0 Å². The topological polar surface area (TPSA) is 42.0 Å². The van der Waals surface area contributed by atoms with Gasteiger partial charge in [0.15, 0.2) is 0 Å². The quantitative estimate of drug-likeness (QED) is 0.670. The molecule has 24 heavy (non-hydrogen) atoms. The number of amides is 1. The summed E-state index contributed by atoms with van der Waals surface area (Å²) in [7, 11) is 0. The van der Waals surface area contributed by atoms with Gasteiger partial charge in [-0.15, -0.1) is 11.3 Å². The van der Waals surface area contributed by atoms with Crippen LogP contribution in [0, 0.1) is 5.82 Å². The first-order valence-electron chi connectivity index (χ1n) is 7.36. The van der Waals surface area contributed by atoms with Crippen LogP contribution in [0.3, 0.4) is 0 Å². The van der Waals surface area contributed by atoms with E-state index in [9.17, 15) is 9.18 Å². The number of carbonyl (C=O) groups is 1. The van der Waals surface area contributed by atoms with E-state index in [2.05, 4.69) is 26.2 Å². The van der Waals surface area contributed by atoms with Gasteiger partial charge in [0.05, 0.1) is 5.69 Å². The van der Waals surface area contributed by atoms with E-state index in [1.807, 2.05) is 17.5 Å². The second-order valence-corrected chi connectivity index (χ2v) is 6.94. The molecule has 1 amide bonds. The number of thiazole rings is 1. The molecule has 122 valence electrons. The Morgan fingerprint density at radius 1 is 1.12 bits per heavy atom. The van der Waals surface area contributed by atoms with Crippen molar-refractivity contribution in [3.05, 3.63) is 75.5 Å². The summed E-state index contributed by atoms with van der Waals surface area (Å²) in [6.45, 7) is 0.515. The van der Waals surface area contributed by atoms with Gasteiger partial charge < -0.3 is 5.32 Å². The molecular weight excluding hydrogens is 391 g/mol. The van der Waals surface area contributed by atoms with Gasteiger partial charge in [0.1, 0.15) is 10.8 Å². The molecule has 0 aliphatic heterocycles. The van der Waals surface area contributed by atoms with Gasteiger partial charge in [-0.1, -0.05) is 15.9 Å². The van der Waals surface area contributed by atoms with Gasteiger partial charge in [0.2, 0.25) is 0 Å². The zero-order valence-electron chi connectivity index (χ0n) is 12.6. The summed E-state index contributed by atoms with van der Waals surface area (Å²) in [5.41, 5.74) is 2.44. The van der Waals surface area contributed by atoms with Gasteiger partial charge in [-0.05, 0) is 48.5 Å². The predicted molar refractivity (Wildman–Crippen MR) is 97.7 cm³/mol. The molecule has 2 aromatic carbocycles. The summed E-state index contributed by atoms with van der Waals surface area (Å²) in [6.07, 6.45) is 0.653. The van der Waals surface area contributed by atoms with Crippen LogP contribution in [-0.4, -0.2) is 17.4 Å². The van der Waals surface area contributed by atoms with E-state index in [0.717, 1.165) is 20.7 Å². The molecule has 3 nitrogen and oxygen atoms in total.